The van der Waals surface area contributed by atoms with E-state index in [2.05, 4.69) is 129 Å². The summed E-state index contributed by atoms with van der Waals surface area (Å²) in [5.41, 5.74) is 10.2. The standard InChI is InChI=1S/C23H16N.C17H22NSi.Ir/c1-4-10-18(11-5-1)21-16-23(20-14-8-3-9-15-20)24-17-22(21)19-12-6-2-7-13-19;1-13(2)15-11-16(14-9-7-6-8-10-14)18-12-17(15)19(3,4)5;/h1-14,16-17H;6-9,11-13H,1-5H3;/q2*-1;. The van der Waals surface area contributed by atoms with Crippen LogP contribution in [0.15, 0.2) is 134 Å². The SMILES string of the molecule is CC(C)c1cc(-c2[c-]cccc2)ncc1[Si](C)(C)C.[Ir].[c-]1ccccc1-c1cc(-c2ccccc2)c(-c2ccccc2)cn1. The maximum atomic E-state index is 4.68. The van der Waals surface area contributed by atoms with E-state index in [-0.39, 0.29) is 20.1 Å². The summed E-state index contributed by atoms with van der Waals surface area (Å²) < 4.78 is 0. The number of benzene rings is 4. The van der Waals surface area contributed by atoms with Crippen LogP contribution >= 0.6 is 0 Å². The molecule has 0 aliphatic heterocycles. The Morgan fingerprint density at radius 2 is 1.05 bits per heavy atom. The molecular formula is C40H38IrN2Si-2. The first-order valence-corrected chi connectivity index (χ1v) is 18.4. The monoisotopic (exact) mass is 767 g/mol. The van der Waals surface area contributed by atoms with Crippen LogP contribution in [0.4, 0.5) is 0 Å². The van der Waals surface area contributed by atoms with Gasteiger partial charge in [-0.05, 0) is 39.2 Å². The molecule has 44 heavy (non-hydrogen) atoms. The number of pyridine rings is 2. The summed E-state index contributed by atoms with van der Waals surface area (Å²) in [6.07, 6.45) is 4.06. The summed E-state index contributed by atoms with van der Waals surface area (Å²) in [7, 11) is -1.34. The van der Waals surface area contributed by atoms with Crippen molar-refractivity contribution in [2.45, 2.75) is 39.4 Å². The molecule has 2 nitrogen and oxygen atoms in total. The second kappa shape index (κ2) is 15.2. The summed E-state index contributed by atoms with van der Waals surface area (Å²) in [5.74, 6) is 0.534. The van der Waals surface area contributed by atoms with E-state index in [4.69, 9.17) is 0 Å². The van der Waals surface area contributed by atoms with Gasteiger partial charge in [0.25, 0.3) is 0 Å². The molecule has 4 aromatic carbocycles. The maximum absolute atomic E-state index is 4.68. The number of rotatable bonds is 6. The van der Waals surface area contributed by atoms with Crippen molar-refractivity contribution in [1.82, 2.24) is 9.97 Å². The van der Waals surface area contributed by atoms with Crippen molar-refractivity contribution in [3.8, 4) is 44.8 Å². The molecule has 0 aliphatic rings. The predicted molar refractivity (Wildman–Crippen MR) is 185 cm³/mol. The second-order valence-electron chi connectivity index (χ2n) is 12.0. The van der Waals surface area contributed by atoms with Crippen molar-refractivity contribution < 1.29 is 20.1 Å². The summed E-state index contributed by atoms with van der Waals surface area (Å²) >= 11 is 0. The molecule has 0 aliphatic carbocycles. The average molecular weight is 767 g/mol. The molecule has 0 bridgehead atoms. The van der Waals surface area contributed by atoms with Gasteiger partial charge in [0.2, 0.25) is 0 Å². The van der Waals surface area contributed by atoms with Crippen LogP contribution in [-0.4, -0.2) is 18.0 Å². The summed E-state index contributed by atoms with van der Waals surface area (Å²) in [5, 5.41) is 1.47. The van der Waals surface area contributed by atoms with Crippen LogP contribution in [0.5, 0.6) is 0 Å². The van der Waals surface area contributed by atoms with E-state index in [1.54, 1.807) is 0 Å². The van der Waals surface area contributed by atoms with Gasteiger partial charge in [-0.3, -0.25) is 0 Å². The molecule has 6 aromatic rings. The second-order valence-corrected chi connectivity index (χ2v) is 17.0. The van der Waals surface area contributed by atoms with Crippen LogP contribution in [0, 0.1) is 12.1 Å². The van der Waals surface area contributed by atoms with Gasteiger partial charge in [-0.1, -0.05) is 112 Å². The quantitative estimate of drug-likeness (QED) is 0.125. The molecule has 2 heterocycles. The van der Waals surface area contributed by atoms with Gasteiger partial charge in [-0.25, -0.2) is 0 Å². The Kier molecular flexibility index (Phi) is 11.4. The van der Waals surface area contributed by atoms with Gasteiger partial charge in [-0.2, -0.15) is 0 Å². The molecular weight excluding hydrogens is 729 g/mol. The van der Waals surface area contributed by atoms with Crippen LogP contribution in [0.1, 0.15) is 25.3 Å². The molecule has 223 valence electrons. The molecule has 0 saturated carbocycles. The first-order valence-electron chi connectivity index (χ1n) is 14.9. The third kappa shape index (κ3) is 8.15. The van der Waals surface area contributed by atoms with Crippen LogP contribution in [0.2, 0.25) is 19.6 Å². The minimum atomic E-state index is -1.34. The van der Waals surface area contributed by atoms with Crippen molar-refractivity contribution in [3.05, 3.63) is 151 Å². The van der Waals surface area contributed by atoms with Crippen molar-refractivity contribution in [3.63, 3.8) is 0 Å². The van der Waals surface area contributed by atoms with Gasteiger partial charge in [0.15, 0.2) is 0 Å². The van der Waals surface area contributed by atoms with E-state index in [1.165, 1.54) is 27.4 Å². The van der Waals surface area contributed by atoms with Crippen molar-refractivity contribution in [1.29, 1.82) is 0 Å². The van der Waals surface area contributed by atoms with Gasteiger partial charge >= 0.3 is 0 Å². The normalized spacial score (nSPS) is 10.9. The van der Waals surface area contributed by atoms with Crippen molar-refractivity contribution >= 4 is 13.3 Å². The van der Waals surface area contributed by atoms with Crippen LogP contribution in [0.25, 0.3) is 44.8 Å². The zero-order valence-electron chi connectivity index (χ0n) is 26.0. The smallest absolute Gasteiger partial charge is 0.0799 e. The predicted octanol–water partition coefficient (Wildman–Crippen LogP) is 10.1. The Morgan fingerprint density at radius 3 is 1.52 bits per heavy atom. The molecule has 0 atom stereocenters. The van der Waals surface area contributed by atoms with Gasteiger partial charge in [0.1, 0.15) is 0 Å². The third-order valence-corrected chi connectivity index (χ3v) is 9.44. The third-order valence-electron chi connectivity index (χ3n) is 7.41. The summed E-state index contributed by atoms with van der Waals surface area (Å²) in [6, 6.07) is 47.8. The molecule has 0 fully saturated rings. The van der Waals surface area contributed by atoms with Crippen LogP contribution in [-0.2, 0) is 20.1 Å². The van der Waals surface area contributed by atoms with Gasteiger partial charge in [0, 0.05) is 38.1 Å². The van der Waals surface area contributed by atoms with E-state index < -0.39 is 8.07 Å². The molecule has 0 N–H and O–H groups in total. The fourth-order valence-corrected chi connectivity index (χ4v) is 6.81. The molecule has 0 amide bonds. The molecule has 1 radical (unpaired) electrons. The Labute approximate surface area is 277 Å². The molecule has 2 aromatic heterocycles. The molecule has 6 rings (SSSR count). The fourth-order valence-electron chi connectivity index (χ4n) is 5.13. The van der Waals surface area contributed by atoms with Crippen LogP contribution in [0.3, 0.4) is 0 Å². The molecule has 0 saturated heterocycles. The topological polar surface area (TPSA) is 25.8 Å². The van der Waals surface area contributed by atoms with E-state index >= 15 is 0 Å². The Morgan fingerprint density at radius 1 is 0.568 bits per heavy atom. The Hall–Kier alpha value is -3.95. The van der Waals surface area contributed by atoms with Gasteiger partial charge in [0.05, 0.1) is 8.07 Å². The number of nitrogens with zero attached hydrogens (tertiary/aromatic N) is 2. The van der Waals surface area contributed by atoms with Gasteiger partial charge < -0.3 is 9.97 Å². The van der Waals surface area contributed by atoms with E-state index in [0.717, 1.165) is 28.1 Å². The number of aromatic nitrogens is 2. The van der Waals surface area contributed by atoms with Crippen molar-refractivity contribution in [2.24, 2.45) is 0 Å². The molecule has 0 spiro atoms. The first kappa shape index (κ1) is 32.9. The molecule has 4 heteroatoms. The summed E-state index contributed by atoms with van der Waals surface area (Å²) in [4.78, 5) is 9.34. The summed E-state index contributed by atoms with van der Waals surface area (Å²) in [6.45, 7) is 11.7. The number of hydrogen-bond donors (Lipinski definition) is 0. The Balaban J connectivity index is 0.000000202. The maximum Gasteiger partial charge on any atom is 0.0799 e. The van der Waals surface area contributed by atoms with Crippen molar-refractivity contribution in [2.75, 3.05) is 0 Å². The molecule has 0 unspecified atom stereocenters. The fraction of sp³-hybridized carbons (Fsp3) is 0.150. The number of hydrogen-bond acceptors (Lipinski definition) is 2. The Bertz CT molecular complexity index is 1750. The largest absolute Gasteiger partial charge is 0.305 e. The van der Waals surface area contributed by atoms with Gasteiger partial charge in [-0.15, -0.1) is 71.8 Å². The van der Waals surface area contributed by atoms with E-state index in [9.17, 15) is 0 Å². The first-order chi connectivity index (χ1) is 20.8. The van der Waals surface area contributed by atoms with Crippen LogP contribution < -0.4 is 5.19 Å². The minimum absolute atomic E-state index is 0. The minimum Gasteiger partial charge on any atom is -0.305 e. The zero-order chi connectivity index (χ0) is 30.2. The van der Waals surface area contributed by atoms with E-state index in [0.29, 0.717) is 5.92 Å². The zero-order valence-corrected chi connectivity index (χ0v) is 29.4. The average Bonchev–Trinajstić information content (AvgIpc) is 3.06. The van der Waals surface area contributed by atoms with E-state index in [1.807, 2.05) is 60.8 Å².